The second kappa shape index (κ2) is 11.1. The van der Waals surface area contributed by atoms with E-state index in [1.165, 1.54) is 0 Å². The molecule has 0 aromatic rings. The van der Waals surface area contributed by atoms with Crippen LogP contribution in [0.3, 0.4) is 0 Å². The second-order valence-corrected chi connectivity index (χ2v) is 9.21. The van der Waals surface area contributed by atoms with Crippen LogP contribution in [0.15, 0.2) is 0 Å². The first-order valence-electron chi connectivity index (χ1n) is 11.5. The summed E-state index contributed by atoms with van der Waals surface area (Å²) in [4.78, 5) is 51.5. The Kier molecular flexibility index (Phi) is 8.67. The van der Waals surface area contributed by atoms with E-state index >= 15 is 0 Å². The number of halogens is 5. The Morgan fingerprint density at radius 1 is 1.20 bits per heavy atom. The molecule has 3 N–H and O–H groups in total. The van der Waals surface area contributed by atoms with Gasteiger partial charge in [-0.2, -0.15) is 0 Å². The summed E-state index contributed by atoms with van der Waals surface area (Å²) in [5, 5.41) is 14.8. The normalized spacial score (nSPS) is 28.1. The Morgan fingerprint density at radius 2 is 1.91 bits per heavy atom. The quantitative estimate of drug-likeness (QED) is 0.371. The molecule has 6 atom stereocenters. The number of hydrogen-bond donors (Lipinski definition) is 3. The number of ether oxygens (including phenoxy) is 1. The van der Waals surface area contributed by atoms with E-state index in [0.717, 1.165) is 11.3 Å². The predicted molar refractivity (Wildman–Crippen MR) is 108 cm³/mol. The molecule has 3 rings (SSSR count). The molecular weight excluding hydrogens is 485 g/mol. The fourth-order valence-corrected chi connectivity index (χ4v) is 5.27. The van der Waals surface area contributed by atoms with Crippen molar-refractivity contribution in [2.24, 2.45) is 17.8 Å². The van der Waals surface area contributed by atoms with E-state index in [-0.39, 0.29) is 24.8 Å². The van der Waals surface area contributed by atoms with Crippen LogP contribution in [0.2, 0.25) is 0 Å². The number of nitrogens with one attached hydrogen (secondary N) is 2. The first-order valence-corrected chi connectivity index (χ1v) is 11.5. The molecule has 1 saturated carbocycles. The molecule has 2 unspecified atom stereocenters. The molecule has 1 aliphatic carbocycles. The van der Waals surface area contributed by atoms with Crippen LogP contribution in [-0.2, 0) is 23.9 Å². The van der Waals surface area contributed by atoms with Crippen LogP contribution in [0.5, 0.6) is 0 Å². The van der Waals surface area contributed by atoms with Crippen molar-refractivity contribution in [2.75, 3.05) is 19.7 Å². The minimum absolute atomic E-state index is 0.0582. The van der Waals surface area contributed by atoms with Gasteiger partial charge in [0, 0.05) is 25.4 Å². The Morgan fingerprint density at radius 3 is 2.51 bits per heavy atom. The van der Waals surface area contributed by atoms with Gasteiger partial charge in [-0.15, -0.1) is 13.2 Å². The van der Waals surface area contributed by atoms with Crippen molar-refractivity contribution >= 4 is 23.5 Å². The van der Waals surface area contributed by atoms with Gasteiger partial charge >= 0.3 is 6.36 Å². The van der Waals surface area contributed by atoms with E-state index in [2.05, 4.69) is 15.4 Å². The van der Waals surface area contributed by atoms with Crippen LogP contribution >= 0.6 is 0 Å². The molecule has 3 amide bonds. The van der Waals surface area contributed by atoms with Crippen LogP contribution < -0.4 is 10.6 Å². The van der Waals surface area contributed by atoms with Crippen molar-refractivity contribution in [2.45, 2.75) is 69.5 Å². The Labute approximate surface area is 197 Å². The van der Waals surface area contributed by atoms with Crippen LogP contribution in [0, 0.1) is 17.8 Å². The van der Waals surface area contributed by atoms with Gasteiger partial charge in [-0.1, -0.05) is 6.42 Å². The topological polar surface area (TPSA) is 125 Å². The maximum atomic E-state index is 13.3. The number of nitrogens with zero attached hydrogens (tertiary/aromatic N) is 1. The molecule has 3 fully saturated rings. The van der Waals surface area contributed by atoms with Crippen molar-refractivity contribution in [3.63, 3.8) is 0 Å². The maximum absolute atomic E-state index is 13.3. The van der Waals surface area contributed by atoms with Gasteiger partial charge in [0.15, 0.2) is 5.78 Å². The van der Waals surface area contributed by atoms with Gasteiger partial charge in [-0.3, -0.25) is 23.9 Å². The van der Waals surface area contributed by atoms with Crippen LogP contribution in [0.25, 0.3) is 0 Å². The molecule has 0 aromatic carbocycles. The van der Waals surface area contributed by atoms with Gasteiger partial charge in [-0.05, 0) is 37.5 Å². The lowest BCUT2D eigenvalue weighted by molar-refractivity contribution is -0.321. The van der Waals surface area contributed by atoms with Crippen molar-refractivity contribution in [3.05, 3.63) is 0 Å². The number of amides is 3. The smallest absolute Gasteiger partial charge is 0.383 e. The summed E-state index contributed by atoms with van der Waals surface area (Å²) < 4.78 is 66.4. The third-order valence-electron chi connectivity index (χ3n) is 6.89. The van der Waals surface area contributed by atoms with Gasteiger partial charge in [0.05, 0.1) is 6.04 Å². The Hall–Kier alpha value is -2.35. The fraction of sp³-hybridized carbons (Fsp3) is 0.810. The summed E-state index contributed by atoms with van der Waals surface area (Å²) in [5.74, 6) is -4.58. The zero-order chi connectivity index (χ0) is 25.9. The number of carbonyl (C=O) groups is 4. The minimum atomic E-state index is -5.08. The summed E-state index contributed by atoms with van der Waals surface area (Å²) in [5.41, 5.74) is 0. The number of aliphatic hydroxyl groups is 1. The van der Waals surface area contributed by atoms with Crippen LogP contribution in [0.1, 0.15) is 38.5 Å². The van der Waals surface area contributed by atoms with E-state index in [4.69, 9.17) is 0 Å². The van der Waals surface area contributed by atoms with E-state index in [1.54, 1.807) is 0 Å². The SMILES string of the molecule is O=C(COC(F)(F)F)C(C[C@@H]1CCNC1=O)NC(=O)[C@@H]1[C@H]2CCC[C@H]2CN1C(=O)C(O)CC(F)F. The van der Waals surface area contributed by atoms with Crippen molar-refractivity contribution < 1.29 is 51.0 Å². The molecule has 2 heterocycles. The summed E-state index contributed by atoms with van der Waals surface area (Å²) in [7, 11) is 0. The van der Waals surface area contributed by atoms with Gasteiger partial charge < -0.3 is 20.6 Å². The third-order valence-corrected chi connectivity index (χ3v) is 6.89. The van der Waals surface area contributed by atoms with Gasteiger partial charge in [0.2, 0.25) is 18.2 Å². The van der Waals surface area contributed by atoms with Gasteiger partial charge in [0.25, 0.3) is 5.91 Å². The number of ketones is 1. The standard InChI is InChI=1S/C21H28F5N3O6/c22-16(23)7-14(30)20(34)29-8-11-2-1-3-12(11)17(29)19(33)28-13(6-10-4-5-27-18(10)32)15(31)9-35-21(24,25)26/h10-14,16-17,30H,1-9H2,(H,27,32)(H,28,33)/t10-,11-,12-,13?,14?,17-/m0/s1. The zero-order valence-corrected chi connectivity index (χ0v) is 18.7. The number of rotatable bonds is 10. The molecule has 0 radical (unpaired) electrons. The molecule has 0 bridgehead atoms. The molecule has 2 aliphatic heterocycles. The number of likely N-dealkylation sites (tertiary alicyclic amines) is 1. The lowest BCUT2D eigenvalue weighted by Gasteiger charge is -2.30. The molecule has 198 valence electrons. The highest BCUT2D eigenvalue weighted by atomic mass is 19.4. The molecule has 14 heteroatoms. The van der Waals surface area contributed by atoms with E-state index in [1.807, 2.05) is 0 Å². The average molecular weight is 513 g/mol. The summed E-state index contributed by atoms with van der Waals surface area (Å²) >= 11 is 0. The zero-order valence-electron chi connectivity index (χ0n) is 18.7. The summed E-state index contributed by atoms with van der Waals surface area (Å²) in [6.45, 7) is -1.01. The number of aliphatic hydroxyl groups excluding tert-OH is 1. The van der Waals surface area contributed by atoms with Crippen molar-refractivity contribution in [1.82, 2.24) is 15.5 Å². The van der Waals surface area contributed by atoms with E-state index in [9.17, 15) is 46.2 Å². The van der Waals surface area contributed by atoms with Crippen LogP contribution in [-0.4, -0.2) is 84.2 Å². The largest absolute Gasteiger partial charge is 0.522 e. The van der Waals surface area contributed by atoms with Gasteiger partial charge in [-0.25, -0.2) is 8.78 Å². The number of Topliss-reactive ketones (excluding diaryl/α,β-unsaturated/α-hetero) is 1. The highest BCUT2D eigenvalue weighted by Crippen LogP contribution is 2.42. The molecule has 0 spiro atoms. The van der Waals surface area contributed by atoms with E-state index < -0.39 is 73.4 Å². The molecule has 35 heavy (non-hydrogen) atoms. The van der Waals surface area contributed by atoms with Crippen LogP contribution in [0.4, 0.5) is 22.0 Å². The fourth-order valence-electron chi connectivity index (χ4n) is 5.27. The van der Waals surface area contributed by atoms with Crippen molar-refractivity contribution in [1.29, 1.82) is 0 Å². The highest BCUT2D eigenvalue weighted by Gasteiger charge is 2.51. The number of fused-ring (bicyclic) bond motifs is 1. The lowest BCUT2D eigenvalue weighted by Crippen LogP contribution is -2.55. The predicted octanol–water partition coefficient (Wildman–Crippen LogP) is 0.746. The average Bonchev–Trinajstić information content (AvgIpc) is 3.46. The molecular formula is C21H28F5N3O6. The molecule has 9 nitrogen and oxygen atoms in total. The molecule has 0 aromatic heterocycles. The minimum Gasteiger partial charge on any atom is -0.383 e. The summed E-state index contributed by atoms with van der Waals surface area (Å²) in [6, 6.07) is -2.68. The third kappa shape index (κ3) is 6.87. The lowest BCUT2D eigenvalue weighted by atomic mass is 9.92. The first kappa shape index (κ1) is 27.2. The summed E-state index contributed by atoms with van der Waals surface area (Å²) in [6.07, 6.45) is -9.14. The molecule has 3 aliphatic rings. The van der Waals surface area contributed by atoms with Crippen molar-refractivity contribution in [3.8, 4) is 0 Å². The van der Waals surface area contributed by atoms with E-state index in [0.29, 0.717) is 25.8 Å². The van der Waals surface area contributed by atoms with Gasteiger partial charge in [0.1, 0.15) is 18.8 Å². The second-order valence-electron chi connectivity index (χ2n) is 9.21. The first-order chi connectivity index (χ1) is 16.4. The number of hydrogen-bond acceptors (Lipinski definition) is 6. The number of alkyl halides is 5. The monoisotopic (exact) mass is 513 g/mol. The maximum Gasteiger partial charge on any atom is 0.522 e. The number of carbonyl (C=O) groups excluding carboxylic acids is 4. The molecule has 2 saturated heterocycles. The Bertz CT molecular complexity index is 826. The Balaban J connectivity index is 1.77. The highest BCUT2D eigenvalue weighted by molar-refractivity contribution is 5.95.